The van der Waals surface area contributed by atoms with E-state index in [1.54, 1.807) is 48.5 Å². The zero-order chi connectivity index (χ0) is 27.2. The van der Waals surface area contributed by atoms with Gasteiger partial charge in [-0.2, -0.15) is 0 Å². The van der Waals surface area contributed by atoms with Gasteiger partial charge in [-0.05, 0) is 55.8 Å². The third-order valence-electron chi connectivity index (χ3n) is 6.08. The highest BCUT2D eigenvalue weighted by Gasteiger charge is 2.31. The number of hydrogen-bond acceptors (Lipinski definition) is 6. The van der Waals surface area contributed by atoms with Crippen molar-refractivity contribution in [1.29, 1.82) is 0 Å². The van der Waals surface area contributed by atoms with Gasteiger partial charge in [0.25, 0.3) is 0 Å². The predicted molar refractivity (Wildman–Crippen MR) is 132 cm³/mol. The maximum absolute atomic E-state index is 13.0. The molecule has 11 heteroatoms. The van der Waals surface area contributed by atoms with E-state index in [1.165, 1.54) is 19.1 Å². The summed E-state index contributed by atoms with van der Waals surface area (Å²) in [6.07, 6.45) is -6.02. The van der Waals surface area contributed by atoms with Crippen LogP contribution in [0.5, 0.6) is 11.5 Å². The summed E-state index contributed by atoms with van der Waals surface area (Å²) in [4.78, 5) is 11.1. The molecule has 38 heavy (non-hydrogen) atoms. The Hall–Kier alpha value is -4.18. The van der Waals surface area contributed by atoms with Crippen molar-refractivity contribution in [2.75, 3.05) is 0 Å². The summed E-state index contributed by atoms with van der Waals surface area (Å²) < 4.78 is 55.9. The largest absolute Gasteiger partial charge is 0.573 e. The fraction of sp³-hybridized carbons (Fsp3) is 0.185. The first-order valence-electron chi connectivity index (χ1n) is 11.4. The second kappa shape index (κ2) is 9.60. The molecule has 0 saturated heterocycles. The van der Waals surface area contributed by atoms with E-state index in [1.807, 2.05) is 11.5 Å². The van der Waals surface area contributed by atoms with E-state index in [4.69, 9.17) is 20.9 Å². The zero-order valence-corrected chi connectivity index (χ0v) is 20.8. The third-order valence-corrected chi connectivity index (χ3v) is 6.32. The highest BCUT2D eigenvalue weighted by molar-refractivity contribution is 6.31. The smallest absolute Gasteiger partial charge is 0.546 e. The summed E-state index contributed by atoms with van der Waals surface area (Å²) in [5.74, 6) is -1.41. The number of aliphatic carboxylic acids is 1. The van der Waals surface area contributed by atoms with Crippen LogP contribution in [0.15, 0.2) is 65.2 Å². The number of rotatable bonds is 7. The number of hydrogen-bond donors (Lipinski definition) is 0. The standard InChI is InChI=1S/C27H20ClF3N2O5/c1-14-24(25-21-8-6-17(28)11-23(21)38-32-25)20-9-7-19(37-27(29,30)31)12-22(20)33(14)13-16-4-3-5-18(10-16)36-15(2)26(34)35/h3-12,15H,13H2,1-2H3,(H,34,35)/p-1/t15-/m1/s1. The number of nitrogens with zero attached hydrogens (tertiary/aromatic N) is 2. The van der Waals surface area contributed by atoms with Crippen LogP contribution in [0.25, 0.3) is 33.1 Å². The van der Waals surface area contributed by atoms with Crippen LogP contribution in [0.1, 0.15) is 18.2 Å². The summed E-state index contributed by atoms with van der Waals surface area (Å²) in [5.41, 5.74) is 3.57. The van der Waals surface area contributed by atoms with Gasteiger partial charge in [0.2, 0.25) is 0 Å². The molecule has 2 heterocycles. The minimum Gasteiger partial charge on any atom is -0.546 e. The molecule has 0 amide bonds. The quantitative estimate of drug-likeness (QED) is 0.255. The SMILES string of the molecule is Cc1c(-c2noc3cc(Cl)ccc23)c2ccc(OC(F)(F)F)cc2n1Cc1cccc(O[C@H](C)C(=O)[O-])c1. The Morgan fingerprint density at radius 3 is 2.61 bits per heavy atom. The van der Waals surface area contributed by atoms with Crippen molar-refractivity contribution in [3.05, 3.63) is 76.9 Å². The van der Waals surface area contributed by atoms with E-state index in [-0.39, 0.29) is 12.3 Å². The molecule has 0 spiro atoms. The highest BCUT2D eigenvalue weighted by Crippen LogP contribution is 2.40. The van der Waals surface area contributed by atoms with E-state index in [2.05, 4.69) is 9.89 Å². The number of carbonyl (C=O) groups is 1. The van der Waals surface area contributed by atoms with Crippen LogP contribution in [-0.4, -0.2) is 28.2 Å². The molecule has 1 atom stereocenters. The molecule has 0 unspecified atom stereocenters. The molecule has 5 aromatic rings. The average Bonchev–Trinajstić information content (AvgIpc) is 3.36. The lowest BCUT2D eigenvalue weighted by atomic mass is 10.0. The molecule has 7 nitrogen and oxygen atoms in total. The first-order valence-corrected chi connectivity index (χ1v) is 11.8. The van der Waals surface area contributed by atoms with Crippen LogP contribution in [0.3, 0.4) is 0 Å². The molecule has 0 aliphatic rings. The molecule has 0 radical (unpaired) electrons. The Morgan fingerprint density at radius 2 is 1.87 bits per heavy atom. The lowest BCUT2D eigenvalue weighted by Gasteiger charge is -2.16. The number of carbonyl (C=O) groups excluding carboxylic acids is 1. The third kappa shape index (κ3) is 4.99. The minimum absolute atomic E-state index is 0.232. The van der Waals surface area contributed by atoms with Crippen molar-refractivity contribution in [2.24, 2.45) is 0 Å². The number of carboxylic acids is 1. The van der Waals surface area contributed by atoms with E-state index < -0.39 is 18.4 Å². The van der Waals surface area contributed by atoms with E-state index >= 15 is 0 Å². The normalized spacial score (nSPS) is 12.7. The maximum Gasteiger partial charge on any atom is 0.573 e. The number of carboxylic acid groups (broad SMARTS) is 1. The molecule has 3 aromatic carbocycles. The average molecular weight is 544 g/mol. The summed E-state index contributed by atoms with van der Waals surface area (Å²) in [7, 11) is 0. The molecular formula is C27H19ClF3N2O5-. The molecular weight excluding hydrogens is 525 g/mol. The lowest BCUT2D eigenvalue weighted by molar-refractivity contribution is -0.312. The second-order valence-electron chi connectivity index (χ2n) is 8.67. The fourth-order valence-electron chi connectivity index (χ4n) is 4.40. The second-order valence-corrected chi connectivity index (χ2v) is 9.11. The van der Waals surface area contributed by atoms with Gasteiger partial charge in [0, 0.05) is 45.7 Å². The summed E-state index contributed by atoms with van der Waals surface area (Å²) >= 11 is 6.08. The van der Waals surface area contributed by atoms with Crippen molar-refractivity contribution in [3.8, 4) is 22.8 Å². The monoisotopic (exact) mass is 543 g/mol. The van der Waals surface area contributed by atoms with Crippen LogP contribution < -0.4 is 14.6 Å². The minimum atomic E-state index is -4.86. The fourth-order valence-corrected chi connectivity index (χ4v) is 4.56. The molecule has 5 rings (SSSR count). The Kier molecular flexibility index (Phi) is 6.44. The van der Waals surface area contributed by atoms with Crippen LogP contribution in [0, 0.1) is 6.92 Å². The lowest BCUT2D eigenvalue weighted by Crippen LogP contribution is -2.37. The van der Waals surface area contributed by atoms with Gasteiger partial charge in [-0.3, -0.25) is 0 Å². The van der Waals surface area contributed by atoms with Crippen molar-refractivity contribution in [1.82, 2.24) is 9.72 Å². The predicted octanol–water partition coefficient (Wildman–Crippen LogP) is 5.88. The van der Waals surface area contributed by atoms with Crippen LogP contribution >= 0.6 is 11.6 Å². The number of halogens is 4. The molecule has 0 aliphatic heterocycles. The molecule has 0 saturated carbocycles. The number of aromatic nitrogens is 2. The van der Waals surface area contributed by atoms with Crippen molar-refractivity contribution in [2.45, 2.75) is 32.9 Å². The summed E-state index contributed by atoms with van der Waals surface area (Å²) in [6.45, 7) is 3.42. The van der Waals surface area contributed by atoms with Gasteiger partial charge in [0.1, 0.15) is 23.3 Å². The molecule has 0 N–H and O–H groups in total. The Labute approximate surface area is 218 Å². The van der Waals surface area contributed by atoms with Gasteiger partial charge >= 0.3 is 6.36 Å². The van der Waals surface area contributed by atoms with Crippen molar-refractivity contribution >= 4 is 39.4 Å². The molecule has 0 bridgehead atoms. The van der Waals surface area contributed by atoms with E-state index in [0.717, 1.165) is 5.56 Å². The molecule has 196 valence electrons. The first-order chi connectivity index (χ1) is 18.0. The van der Waals surface area contributed by atoms with Crippen molar-refractivity contribution in [3.63, 3.8) is 0 Å². The Balaban J connectivity index is 1.65. The van der Waals surface area contributed by atoms with Crippen LogP contribution in [0.2, 0.25) is 5.02 Å². The number of ether oxygens (including phenoxy) is 2. The Morgan fingerprint density at radius 1 is 1.11 bits per heavy atom. The van der Waals surface area contributed by atoms with Gasteiger partial charge in [-0.1, -0.05) is 28.9 Å². The molecule has 0 fully saturated rings. The van der Waals surface area contributed by atoms with Gasteiger partial charge in [0.05, 0.1) is 11.5 Å². The number of alkyl halides is 3. The first kappa shape index (κ1) is 25.5. The van der Waals surface area contributed by atoms with Crippen molar-refractivity contribution < 1.29 is 37.1 Å². The Bertz CT molecular complexity index is 1680. The molecule has 2 aromatic heterocycles. The van der Waals surface area contributed by atoms with Gasteiger partial charge in [0.15, 0.2) is 5.58 Å². The highest BCUT2D eigenvalue weighted by atomic mass is 35.5. The van der Waals surface area contributed by atoms with Gasteiger partial charge < -0.3 is 28.5 Å². The zero-order valence-electron chi connectivity index (χ0n) is 20.0. The summed E-state index contributed by atoms with van der Waals surface area (Å²) in [6, 6.07) is 16.0. The summed E-state index contributed by atoms with van der Waals surface area (Å²) in [5, 5.41) is 17.1. The van der Waals surface area contributed by atoms with Gasteiger partial charge in [-0.25, -0.2) is 0 Å². The van der Waals surface area contributed by atoms with E-state index in [0.29, 0.717) is 49.6 Å². The van der Waals surface area contributed by atoms with Crippen LogP contribution in [-0.2, 0) is 11.3 Å². The number of fused-ring (bicyclic) bond motifs is 2. The van der Waals surface area contributed by atoms with Crippen LogP contribution in [0.4, 0.5) is 13.2 Å². The maximum atomic E-state index is 13.0. The topological polar surface area (TPSA) is 89.6 Å². The molecule has 0 aliphatic carbocycles. The van der Waals surface area contributed by atoms with E-state index in [9.17, 15) is 23.1 Å². The number of benzene rings is 3. The van der Waals surface area contributed by atoms with Gasteiger partial charge in [-0.15, -0.1) is 13.2 Å².